The van der Waals surface area contributed by atoms with Gasteiger partial charge in [-0.25, -0.2) is 19.8 Å². The van der Waals surface area contributed by atoms with Gasteiger partial charge in [0.2, 0.25) is 5.95 Å². The number of rotatable bonds is 3. The molecular formula is C12H18N4O2. The molecule has 18 heavy (non-hydrogen) atoms. The Bertz CT molecular complexity index is 428. The van der Waals surface area contributed by atoms with Gasteiger partial charge in [-0.1, -0.05) is 6.42 Å². The molecule has 6 heteroatoms. The van der Waals surface area contributed by atoms with Crippen LogP contribution in [0.15, 0.2) is 12.3 Å². The molecule has 2 atom stereocenters. The summed E-state index contributed by atoms with van der Waals surface area (Å²) in [5, 5.41) is 11.0. The second-order valence-electron chi connectivity index (χ2n) is 4.72. The van der Waals surface area contributed by atoms with E-state index in [1.165, 1.54) is 18.7 Å². The van der Waals surface area contributed by atoms with Gasteiger partial charge in [0.05, 0.1) is 0 Å². The van der Waals surface area contributed by atoms with E-state index in [1.54, 1.807) is 0 Å². The molecule has 0 bridgehead atoms. The van der Waals surface area contributed by atoms with Crippen molar-refractivity contribution in [2.75, 3.05) is 5.43 Å². The number of piperidine rings is 1. The maximum Gasteiger partial charge on any atom is 0.354 e. The summed E-state index contributed by atoms with van der Waals surface area (Å²) in [5.74, 6) is -0.698. The number of hydrogen-bond donors (Lipinski definition) is 2. The summed E-state index contributed by atoms with van der Waals surface area (Å²) in [4.78, 5) is 18.9. The summed E-state index contributed by atoms with van der Waals surface area (Å²) >= 11 is 0. The van der Waals surface area contributed by atoms with E-state index in [0.717, 1.165) is 12.8 Å². The van der Waals surface area contributed by atoms with E-state index in [9.17, 15) is 4.79 Å². The SMILES string of the molecule is CC1CCCC(C)N1Nc1nccc(C(=O)O)n1. The molecule has 2 rings (SSSR count). The first-order valence-corrected chi connectivity index (χ1v) is 6.19. The Morgan fingerprint density at radius 1 is 1.44 bits per heavy atom. The van der Waals surface area contributed by atoms with Gasteiger partial charge in [-0.05, 0) is 32.8 Å². The van der Waals surface area contributed by atoms with Crippen molar-refractivity contribution in [3.05, 3.63) is 18.0 Å². The number of hydrazine groups is 1. The molecule has 1 saturated heterocycles. The second kappa shape index (κ2) is 5.30. The molecular weight excluding hydrogens is 232 g/mol. The van der Waals surface area contributed by atoms with Gasteiger partial charge >= 0.3 is 5.97 Å². The Morgan fingerprint density at radius 3 is 2.72 bits per heavy atom. The molecule has 0 aliphatic carbocycles. The van der Waals surface area contributed by atoms with Crippen molar-refractivity contribution in [1.29, 1.82) is 0 Å². The van der Waals surface area contributed by atoms with Crippen molar-refractivity contribution in [3.8, 4) is 0 Å². The number of carbonyl (C=O) groups is 1. The maximum absolute atomic E-state index is 10.8. The first-order valence-electron chi connectivity index (χ1n) is 6.19. The van der Waals surface area contributed by atoms with Crippen LogP contribution in [0.25, 0.3) is 0 Å². The quantitative estimate of drug-likeness (QED) is 0.851. The summed E-state index contributed by atoms with van der Waals surface area (Å²) in [6.07, 6.45) is 4.92. The average Bonchev–Trinajstić information content (AvgIpc) is 2.34. The van der Waals surface area contributed by atoms with Gasteiger partial charge in [0.1, 0.15) is 0 Å². The van der Waals surface area contributed by atoms with E-state index < -0.39 is 5.97 Å². The van der Waals surface area contributed by atoms with Crippen LogP contribution in [0, 0.1) is 0 Å². The Labute approximate surface area is 106 Å². The molecule has 0 spiro atoms. The van der Waals surface area contributed by atoms with Crippen molar-refractivity contribution in [3.63, 3.8) is 0 Å². The Balaban J connectivity index is 2.12. The van der Waals surface area contributed by atoms with E-state index in [4.69, 9.17) is 5.11 Å². The second-order valence-corrected chi connectivity index (χ2v) is 4.72. The summed E-state index contributed by atoms with van der Waals surface area (Å²) < 4.78 is 0. The maximum atomic E-state index is 10.8. The molecule has 0 radical (unpaired) electrons. The third-order valence-electron chi connectivity index (χ3n) is 3.30. The van der Waals surface area contributed by atoms with Crippen molar-refractivity contribution >= 4 is 11.9 Å². The lowest BCUT2D eigenvalue weighted by molar-refractivity contribution is 0.0690. The molecule has 0 amide bonds. The number of anilines is 1. The van der Waals surface area contributed by atoms with Gasteiger partial charge in [-0.2, -0.15) is 0 Å². The van der Waals surface area contributed by atoms with Gasteiger partial charge < -0.3 is 5.11 Å². The molecule has 1 aromatic heterocycles. The van der Waals surface area contributed by atoms with Crippen LogP contribution in [0.2, 0.25) is 0 Å². The molecule has 1 aromatic rings. The van der Waals surface area contributed by atoms with Crippen molar-refractivity contribution in [2.24, 2.45) is 0 Å². The number of aromatic nitrogens is 2. The topological polar surface area (TPSA) is 78.4 Å². The van der Waals surface area contributed by atoms with Gasteiger partial charge in [-0.15, -0.1) is 0 Å². The van der Waals surface area contributed by atoms with Gasteiger partial charge in [0, 0.05) is 18.3 Å². The highest BCUT2D eigenvalue weighted by Crippen LogP contribution is 2.22. The van der Waals surface area contributed by atoms with E-state index in [2.05, 4.69) is 34.3 Å². The smallest absolute Gasteiger partial charge is 0.354 e. The minimum atomic E-state index is -1.04. The monoisotopic (exact) mass is 250 g/mol. The van der Waals surface area contributed by atoms with Crippen molar-refractivity contribution in [1.82, 2.24) is 15.0 Å². The highest BCUT2D eigenvalue weighted by molar-refractivity contribution is 5.85. The number of nitrogens with one attached hydrogen (secondary N) is 1. The molecule has 98 valence electrons. The zero-order valence-corrected chi connectivity index (χ0v) is 10.6. The number of carboxylic acid groups (broad SMARTS) is 1. The number of hydrogen-bond acceptors (Lipinski definition) is 5. The fraction of sp³-hybridized carbons (Fsp3) is 0.583. The first kappa shape index (κ1) is 12.8. The third-order valence-corrected chi connectivity index (χ3v) is 3.30. The molecule has 0 saturated carbocycles. The zero-order valence-electron chi connectivity index (χ0n) is 10.6. The largest absolute Gasteiger partial charge is 0.477 e. The van der Waals surface area contributed by atoms with Crippen LogP contribution in [0.1, 0.15) is 43.6 Å². The predicted molar refractivity (Wildman–Crippen MR) is 67.2 cm³/mol. The summed E-state index contributed by atoms with van der Waals surface area (Å²) in [5.41, 5.74) is 3.13. The summed E-state index contributed by atoms with van der Waals surface area (Å²) in [6.45, 7) is 4.29. The van der Waals surface area contributed by atoms with Crippen LogP contribution >= 0.6 is 0 Å². The lowest BCUT2D eigenvalue weighted by Crippen LogP contribution is -2.47. The fourth-order valence-corrected chi connectivity index (χ4v) is 2.29. The summed E-state index contributed by atoms with van der Waals surface area (Å²) in [7, 11) is 0. The fourth-order valence-electron chi connectivity index (χ4n) is 2.29. The molecule has 1 aliphatic heterocycles. The average molecular weight is 250 g/mol. The van der Waals surface area contributed by atoms with Crippen LogP contribution < -0.4 is 5.43 Å². The van der Waals surface area contributed by atoms with Gasteiger partial charge in [0.25, 0.3) is 0 Å². The highest BCUT2D eigenvalue weighted by atomic mass is 16.4. The van der Waals surface area contributed by atoms with Crippen molar-refractivity contribution < 1.29 is 9.90 Å². The van der Waals surface area contributed by atoms with Crippen LogP contribution in [-0.2, 0) is 0 Å². The van der Waals surface area contributed by atoms with Gasteiger partial charge in [0.15, 0.2) is 5.69 Å². The molecule has 6 nitrogen and oxygen atoms in total. The van der Waals surface area contributed by atoms with Crippen LogP contribution in [0.3, 0.4) is 0 Å². The number of aromatic carboxylic acids is 1. The van der Waals surface area contributed by atoms with E-state index >= 15 is 0 Å². The molecule has 1 fully saturated rings. The molecule has 2 heterocycles. The highest BCUT2D eigenvalue weighted by Gasteiger charge is 2.25. The third kappa shape index (κ3) is 2.76. The zero-order chi connectivity index (χ0) is 13.1. The normalized spacial score (nSPS) is 24.8. The Kier molecular flexibility index (Phi) is 3.76. The minimum Gasteiger partial charge on any atom is -0.477 e. The molecule has 2 unspecified atom stereocenters. The predicted octanol–water partition coefficient (Wildman–Crippen LogP) is 1.76. The number of nitrogens with zero attached hydrogens (tertiary/aromatic N) is 3. The standard InChI is InChI=1S/C12H18N4O2/c1-8-4-3-5-9(2)16(8)15-12-13-7-6-10(14-12)11(17)18/h6-9H,3-5H2,1-2H3,(H,17,18)(H,13,14,15). The lowest BCUT2D eigenvalue weighted by Gasteiger charge is -2.38. The van der Waals surface area contributed by atoms with E-state index in [1.807, 2.05) is 0 Å². The van der Waals surface area contributed by atoms with Crippen LogP contribution in [-0.4, -0.2) is 38.1 Å². The number of carboxylic acids is 1. The summed E-state index contributed by atoms with van der Waals surface area (Å²) in [6, 6.07) is 2.17. The molecule has 0 aromatic carbocycles. The molecule has 2 N–H and O–H groups in total. The molecule has 1 aliphatic rings. The minimum absolute atomic E-state index is 0.00446. The first-order chi connectivity index (χ1) is 8.58. The Morgan fingerprint density at radius 2 is 2.11 bits per heavy atom. The van der Waals surface area contributed by atoms with E-state index in [-0.39, 0.29) is 5.69 Å². The van der Waals surface area contributed by atoms with Crippen LogP contribution in [0.4, 0.5) is 5.95 Å². The van der Waals surface area contributed by atoms with Crippen molar-refractivity contribution in [2.45, 2.75) is 45.2 Å². The lowest BCUT2D eigenvalue weighted by atomic mass is 10.00. The van der Waals surface area contributed by atoms with E-state index in [0.29, 0.717) is 18.0 Å². The van der Waals surface area contributed by atoms with Crippen LogP contribution in [0.5, 0.6) is 0 Å². The Hall–Kier alpha value is -1.69. The van der Waals surface area contributed by atoms with Gasteiger partial charge in [-0.3, -0.25) is 5.43 Å².